The Morgan fingerprint density at radius 1 is 0.512 bits per heavy atom. The molecule has 0 atom stereocenters. The van der Waals surface area contributed by atoms with Gasteiger partial charge in [-0.3, -0.25) is 0 Å². The van der Waals surface area contributed by atoms with E-state index in [2.05, 4.69) is 125 Å². The highest BCUT2D eigenvalue weighted by atomic mass is 15.0. The number of nitrogens with zero attached hydrogens (tertiary/aromatic N) is 3. The molecule has 6 aromatic rings. The largest absolute Gasteiger partial charge is 0.309 e. The van der Waals surface area contributed by atoms with Gasteiger partial charge in [0, 0.05) is 16.5 Å². The minimum atomic E-state index is 0.0343. The Labute approximate surface area is 254 Å². The van der Waals surface area contributed by atoms with E-state index in [4.69, 9.17) is 0 Å². The Kier molecular flexibility index (Phi) is 6.71. The quantitative estimate of drug-likeness (QED) is 0.217. The van der Waals surface area contributed by atoms with Crippen molar-refractivity contribution in [2.24, 2.45) is 0 Å². The van der Waals surface area contributed by atoms with Gasteiger partial charge in [0.15, 0.2) is 0 Å². The summed E-state index contributed by atoms with van der Waals surface area (Å²) in [5, 5.41) is 21.8. The molecule has 0 aliphatic rings. The fourth-order valence-corrected chi connectivity index (χ4v) is 5.93. The van der Waals surface area contributed by atoms with Crippen LogP contribution in [0.25, 0.3) is 49.7 Å². The highest BCUT2D eigenvalue weighted by molar-refractivity contribution is 6.10. The summed E-state index contributed by atoms with van der Waals surface area (Å²) in [6, 6.07) is 40.4. The lowest BCUT2D eigenvalue weighted by atomic mass is 9.85. The monoisotopic (exact) mass is 557 g/mol. The van der Waals surface area contributed by atoms with Gasteiger partial charge >= 0.3 is 0 Å². The van der Waals surface area contributed by atoms with Crippen molar-refractivity contribution in [3.05, 3.63) is 125 Å². The molecule has 0 aliphatic heterocycles. The highest BCUT2D eigenvalue weighted by Crippen LogP contribution is 2.40. The molecule has 1 heterocycles. The minimum absolute atomic E-state index is 0.0343. The first kappa shape index (κ1) is 28.0. The maximum atomic E-state index is 9.66. The van der Waals surface area contributed by atoms with Gasteiger partial charge in [-0.25, -0.2) is 0 Å². The van der Waals surface area contributed by atoms with Crippen molar-refractivity contribution < 1.29 is 0 Å². The molecule has 0 spiro atoms. The van der Waals surface area contributed by atoms with Crippen molar-refractivity contribution in [1.82, 2.24) is 4.57 Å². The average molecular weight is 558 g/mol. The zero-order valence-electron chi connectivity index (χ0n) is 25.7. The van der Waals surface area contributed by atoms with Crippen LogP contribution < -0.4 is 0 Å². The third-order valence-electron chi connectivity index (χ3n) is 8.35. The van der Waals surface area contributed by atoms with Gasteiger partial charge in [-0.05, 0) is 98.8 Å². The number of hydrogen-bond acceptors (Lipinski definition) is 2. The van der Waals surface area contributed by atoms with Crippen LogP contribution in [0, 0.1) is 22.7 Å². The molecule has 0 unspecified atom stereocenters. The predicted molar refractivity (Wildman–Crippen MR) is 178 cm³/mol. The SMILES string of the molecule is CC(C)(C)c1ccc2c(c1)c1cc(C(C)(C)C)ccc1n2-c1ccc(-c2cc(C#N)cc(C#N)c2)c(-c2ccccc2)c1. The predicted octanol–water partition coefficient (Wildman–Crippen LogP) is 10.5. The van der Waals surface area contributed by atoms with Gasteiger partial charge in [0.2, 0.25) is 0 Å². The van der Waals surface area contributed by atoms with E-state index in [9.17, 15) is 10.5 Å². The molecule has 0 radical (unpaired) electrons. The van der Waals surface area contributed by atoms with E-state index in [0.29, 0.717) is 11.1 Å². The van der Waals surface area contributed by atoms with Crippen LogP contribution in [0.2, 0.25) is 0 Å². The standard InChI is InChI=1S/C40H35N3/c1-39(2,3)30-12-16-37-35(21-30)36-22-31(40(4,5)6)13-17-38(36)43(37)32-14-15-33(34(23-32)28-10-8-7-9-11-28)29-19-26(24-41)18-27(20-29)25-42/h7-23H,1-6H3. The fraction of sp³-hybridized carbons (Fsp3) is 0.200. The summed E-state index contributed by atoms with van der Waals surface area (Å²) in [6.07, 6.45) is 0. The summed E-state index contributed by atoms with van der Waals surface area (Å²) < 4.78 is 2.37. The lowest BCUT2D eigenvalue weighted by Gasteiger charge is -2.19. The van der Waals surface area contributed by atoms with E-state index >= 15 is 0 Å². The summed E-state index contributed by atoms with van der Waals surface area (Å²) in [4.78, 5) is 0. The fourth-order valence-electron chi connectivity index (χ4n) is 5.93. The van der Waals surface area contributed by atoms with Gasteiger partial charge in [-0.2, -0.15) is 10.5 Å². The first-order valence-electron chi connectivity index (χ1n) is 14.7. The first-order valence-corrected chi connectivity index (χ1v) is 14.7. The van der Waals surface area contributed by atoms with Crippen LogP contribution in [0.5, 0.6) is 0 Å². The third kappa shape index (κ3) is 5.09. The van der Waals surface area contributed by atoms with E-state index in [0.717, 1.165) is 27.9 Å². The number of hydrogen-bond donors (Lipinski definition) is 0. The normalized spacial score (nSPS) is 11.9. The minimum Gasteiger partial charge on any atom is -0.309 e. The maximum absolute atomic E-state index is 9.66. The Hall–Kier alpha value is -5.12. The van der Waals surface area contributed by atoms with Gasteiger partial charge < -0.3 is 4.57 Å². The molecule has 43 heavy (non-hydrogen) atoms. The van der Waals surface area contributed by atoms with E-state index < -0.39 is 0 Å². The van der Waals surface area contributed by atoms with E-state index in [-0.39, 0.29) is 10.8 Å². The van der Waals surface area contributed by atoms with E-state index in [1.54, 1.807) is 6.07 Å². The number of nitriles is 2. The second-order valence-electron chi connectivity index (χ2n) is 13.4. The van der Waals surface area contributed by atoms with Crippen molar-refractivity contribution in [3.63, 3.8) is 0 Å². The lowest BCUT2D eigenvalue weighted by molar-refractivity contribution is 0.590. The zero-order valence-corrected chi connectivity index (χ0v) is 25.7. The Bertz CT molecular complexity index is 2000. The summed E-state index contributed by atoms with van der Waals surface area (Å²) in [5.74, 6) is 0. The van der Waals surface area contributed by atoms with E-state index in [1.165, 1.54) is 32.9 Å². The summed E-state index contributed by atoms with van der Waals surface area (Å²) in [5.41, 5.74) is 11.0. The molecule has 0 N–H and O–H groups in total. The van der Waals surface area contributed by atoms with Gasteiger partial charge in [-0.15, -0.1) is 0 Å². The van der Waals surface area contributed by atoms with Crippen LogP contribution >= 0.6 is 0 Å². The second kappa shape index (κ2) is 10.3. The van der Waals surface area contributed by atoms with Crippen molar-refractivity contribution in [2.75, 3.05) is 0 Å². The van der Waals surface area contributed by atoms with Gasteiger partial charge in [0.1, 0.15) is 0 Å². The van der Waals surface area contributed by atoms with Crippen LogP contribution in [0.4, 0.5) is 0 Å². The van der Waals surface area contributed by atoms with Gasteiger partial charge in [-0.1, -0.05) is 90.1 Å². The Morgan fingerprint density at radius 3 is 1.53 bits per heavy atom. The molecule has 0 amide bonds. The van der Waals surface area contributed by atoms with Crippen LogP contribution in [0.15, 0.2) is 103 Å². The Balaban J connectivity index is 1.67. The summed E-state index contributed by atoms with van der Waals surface area (Å²) in [6.45, 7) is 13.6. The van der Waals surface area contributed by atoms with Crippen LogP contribution in [0.1, 0.15) is 63.8 Å². The lowest BCUT2D eigenvalue weighted by Crippen LogP contribution is -2.10. The molecule has 0 saturated carbocycles. The molecular formula is C40H35N3. The number of fused-ring (bicyclic) bond motifs is 3. The van der Waals surface area contributed by atoms with Crippen molar-refractivity contribution in [3.8, 4) is 40.1 Å². The highest BCUT2D eigenvalue weighted by Gasteiger charge is 2.21. The topological polar surface area (TPSA) is 52.5 Å². The molecule has 0 fully saturated rings. The smallest absolute Gasteiger partial charge is 0.0992 e. The van der Waals surface area contributed by atoms with Crippen molar-refractivity contribution in [2.45, 2.75) is 52.4 Å². The number of aromatic nitrogens is 1. The second-order valence-corrected chi connectivity index (χ2v) is 13.4. The molecule has 3 nitrogen and oxygen atoms in total. The molecule has 3 heteroatoms. The van der Waals surface area contributed by atoms with Gasteiger partial charge in [0.05, 0.1) is 34.3 Å². The van der Waals surface area contributed by atoms with Crippen LogP contribution in [0.3, 0.4) is 0 Å². The molecule has 5 aromatic carbocycles. The molecule has 0 saturated heterocycles. The van der Waals surface area contributed by atoms with E-state index in [1.807, 2.05) is 30.3 Å². The van der Waals surface area contributed by atoms with Crippen LogP contribution in [-0.2, 0) is 10.8 Å². The first-order chi connectivity index (χ1) is 20.5. The summed E-state index contributed by atoms with van der Waals surface area (Å²) in [7, 11) is 0. The Morgan fingerprint density at radius 2 is 1.05 bits per heavy atom. The molecule has 6 rings (SSSR count). The number of benzene rings is 5. The number of rotatable bonds is 3. The zero-order chi connectivity index (χ0) is 30.5. The molecule has 0 aliphatic carbocycles. The molecule has 1 aromatic heterocycles. The third-order valence-corrected chi connectivity index (χ3v) is 8.35. The van der Waals surface area contributed by atoms with Gasteiger partial charge in [0.25, 0.3) is 0 Å². The maximum Gasteiger partial charge on any atom is 0.0992 e. The molecular weight excluding hydrogens is 522 g/mol. The average Bonchev–Trinajstić information content (AvgIpc) is 3.33. The van der Waals surface area contributed by atoms with Crippen molar-refractivity contribution in [1.29, 1.82) is 10.5 Å². The summed E-state index contributed by atoms with van der Waals surface area (Å²) >= 11 is 0. The molecule has 0 bridgehead atoms. The molecule has 210 valence electrons. The van der Waals surface area contributed by atoms with Crippen LogP contribution in [-0.4, -0.2) is 4.57 Å². The van der Waals surface area contributed by atoms with Crippen molar-refractivity contribution >= 4 is 21.8 Å².